The predicted octanol–water partition coefficient (Wildman–Crippen LogP) is 4.10. The van der Waals surface area contributed by atoms with E-state index in [1.165, 1.54) is 4.31 Å². The van der Waals surface area contributed by atoms with Gasteiger partial charge in [0.1, 0.15) is 11.5 Å². The minimum Gasteiger partial charge on any atom is -0.446 e. The molecule has 0 fully saturated rings. The van der Waals surface area contributed by atoms with Crippen molar-refractivity contribution < 1.29 is 12.8 Å². The summed E-state index contributed by atoms with van der Waals surface area (Å²) in [5.74, 6) is 1.32. The van der Waals surface area contributed by atoms with Gasteiger partial charge in [-0.3, -0.25) is 4.31 Å². The van der Waals surface area contributed by atoms with Crippen molar-refractivity contribution in [2.24, 2.45) is 0 Å². The number of aryl methyl sites for hydroxylation is 3. The number of anilines is 1. The van der Waals surface area contributed by atoms with Crippen molar-refractivity contribution in [1.29, 1.82) is 0 Å². The van der Waals surface area contributed by atoms with Crippen LogP contribution in [0.5, 0.6) is 0 Å². The lowest BCUT2D eigenvalue weighted by Gasteiger charge is -2.30. The molecule has 0 amide bonds. The molecule has 5 nitrogen and oxygen atoms in total. The Hall–Kier alpha value is -2.60. The topological polar surface area (TPSA) is 63.4 Å². The average Bonchev–Trinajstić information content (AvgIpc) is 2.99. The Bertz CT molecular complexity index is 1050. The third kappa shape index (κ3) is 2.80. The number of fused-ring (bicyclic) bond motifs is 1. The molecule has 2 heterocycles. The number of aromatic nitrogens is 1. The molecule has 134 valence electrons. The van der Waals surface area contributed by atoms with Crippen LogP contribution in [0, 0.1) is 13.8 Å². The van der Waals surface area contributed by atoms with Gasteiger partial charge in [-0.2, -0.15) is 0 Å². The van der Waals surface area contributed by atoms with Crippen molar-refractivity contribution in [2.75, 3.05) is 10.8 Å². The van der Waals surface area contributed by atoms with Gasteiger partial charge >= 0.3 is 0 Å². The molecule has 0 unspecified atom stereocenters. The number of hydrogen-bond donors (Lipinski definition) is 0. The van der Waals surface area contributed by atoms with Crippen LogP contribution in [0.1, 0.15) is 23.6 Å². The molecule has 26 heavy (non-hydrogen) atoms. The van der Waals surface area contributed by atoms with E-state index in [4.69, 9.17) is 4.42 Å². The van der Waals surface area contributed by atoms with E-state index in [2.05, 4.69) is 4.98 Å². The monoisotopic (exact) mass is 368 g/mol. The minimum absolute atomic E-state index is 0.288. The number of oxazole rings is 1. The lowest BCUT2D eigenvalue weighted by atomic mass is 10.0. The third-order valence-electron chi connectivity index (χ3n) is 4.69. The van der Waals surface area contributed by atoms with Gasteiger partial charge in [0.25, 0.3) is 10.0 Å². The molecule has 0 atom stereocenters. The summed E-state index contributed by atoms with van der Waals surface area (Å²) >= 11 is 0. The Balaban J connectivity index is 1.70. The molecule has 3 aromatic rings. The molecule has 0 radical (unpaired) electrons. The first kappa shape index (κ1) is 16.8. The number of sulfonamides is 1. The number of hydrogen-bond acceptors (Lipinski definition) is 4. The summed E-state index contributed by atoms with van der Waals surface area (Å²) in [7, 11) is -3.59. The van der Waals surface area contributed by atoms with Gasteiger partial charge in [0, 0.05) is 19.0 Å². The lowest BCUT2D eigenvalue weighted by Crippen LogP contribution is -2.35. The van der Waals surface area contributed by atoms with Gasteiger partial charge in [-0.25, -0.2) is 13.4 Å². The minimum atomic E-state index is -3.59. The summed E-state index contributed by atoms with van der Waals surface area (Å²) in [6, 6.07) is 14.6. The van der Waals surface area contributed by atoms with Crippen molar-refractivity contribution in [1.82, 2.24) is 4.98 Å². The molecule has 1 aliphatic rings. The molecular formula is C20H20N2O3S. The average molecular weight is 368 g/mol. The maximum Gasteiger partial charge on any atom is 0.264 e. The first-order chi connectivity index (χ1) is 12.5. The number of nitrogens with zero attached hydrogens (tertiary/aromatic N) is 2. The molecule has 0 saturated heterocycles. The molecule has 1 aliphatic heterocycles. The molecular weight excluding hydrogens is 348 g/mol. The van der Waals surface area contributed by atoms with E-state index in [9.17, 15) is 8.42 Å². The second-order valence-electron chi connectivity index (χ2n) is 6.47. The third-order valence-corrected chi connectivity index (χ3v) is 6.51. The van der Waals surface area contributed by atoms with Gasteiger partial charge < -0.3 is 4.42 Å². The quantitative estimate of drug-likeness (QED) is 0.698. The number of rotatable bonds is 3. The van der Waals surface area contributed by atoms with Crippen LogP contribution in [-0.4, -0.2) is 19.9 Å². The zero-order chi connectivity index (χ0) is 18.3. The first-order valence-corrected chi connectivity index (χ1v) is 10.1. The fourth-order valence-electron chi connectivity index (χ4n) is 3.46. The van der Waals surface area contributed by atoms with Crippen molar-refractivity contribution >= 4 is 15.7 Å². The van der Waals surface area contributed by atoms with Gasteiger partial charge in [0.05, 0.1) is 10.6 Å². The highest BCUT2D eigenvalue weighted by Gasteiger charge is 2.28. The first-order valence-electron chi connectivity index (χ1n) is 8.62. The summed E-state index contributed by atoms with van der Waals surface area (Å²) in [6.45, 7) is 4.15. The Kier molecular flexibility index (Phi) is 4.07. The highest BCUT2D eigenvalue weighted by Crippen LogP contribution is 2.32. The van der Waals surface area contributed by atoms with Gasteiger partial charge in [0.2, 0.25) is 0 Å². The fraction of sp³-hybridized carbons (Fsp3) is 0.250. The zero-order valence-corrected chi connectivity index (χ0v) is 15.6. The largest absolute Gasteiger partial charge is 0.446 e. The van der Waals surface area contributed by atoms with Crippen molar-refractivity contribution in [3.63, 3.8) is 0 Å². The molecule has 0 saturated carbocycles. The van der Waals surface area contributed by atoms with Crippen LogP contribution in [-0.2, 0) is 16.4 Å². The second kappa shape index (κ2) is 6.29. The summed E-state index contributed by atoms with van der Waals surface area (Å²) in [5, 5.41) is 0. The van der Waals surface area contributed by atoms with Crippen LogP contribution in [0.4, 0.5) is 5.69 Å². The molecule has 2 aromatic carbocycles. The van der Waals surface area contributed by atoms with Gasteiger partial charge in [-0.15, -0.1) is 0 Å². The molecule has 4 rings (SSSR count). The smallest absolute Gasteiger partial charge is 0.264 e. The Morgan fingerprint density at radius 2 is 1.77 bits per heavy atom. The van der Waals surface area contributed by atoms with Crippen molar-refractivity contribution in [3.05, 3.63) is 65.7 Å². The highest BCUT2D eigenvalue weighted by molar-refractivity contribution is 7.92. The van der Waals surface area contributed by atoms with Crippen LogP contribution >= 0.6 is 0 Å². The van der Waals surface area contributed by atoms with E-state index in [1.54, 1.807) is 31.2 Å². The molecule has 0 aliphatic carbocycles. The molecule has 0 spiro atoms. The van der Waals surface area contributed by atoms with Gasteiger partial charge in [-0.1, -0.05) is 30.3 Å². The molecule has 6 heteroatoms. The van der Waals surface area contributed by atoms with Crippen molar-refractivity contribution in [3.8, 4) is 11.3 Å². The van der Waals surface area contributed by atoms with Gasteiger partial charge in [-0.05, 0) is 43.5 Å². The van der Waals surface area contributed by atoms with Crippen LogP contribution < -0.4 is 4.31 Å². The maximum atomic E-state index is 13.2. The second-order valence-corrected chi connectivity index (χ2v) is 8.33. The van der Waals surface area contributed by atoms with E-state index in [1.807, 2.05) is 31.2 Å². The zero-order valence-electron chi connectivity index (χ0n) is 14.8. The Morgan fingerprint density at radius 3 is 2.46 bits per heavy atom. The SMILES string of the molecule is Cc1nc(-c2ccc(S(=O)(=O)N3CCCc4ccccc43)cc2)c(C)o1. The summed E-state index contributed by atoms with van der Waals surface area (Å²) in [6.07, 6.45) is 1.73. The van der Waals surface area contributed by atoms with Crippen LogP contribution in [0.3, 0.4) is 0 Å². The molecule has 0 bridgehead atoms. The van der Waals surface area contributed by atoms with E-state index in [-0.39, 0.29) is 4.90 Å². The summed E-state index contributed by atoms with van der Waals surface area (Å²) in [4.78, 5) is 4.65. The molecule has 1 aromatic heterocycles. The highest BCUT2D eigenvalue weighted by atomic mass is 32.2. The Labute approximate surface area is 153 Å². The van der Waals surface area contributed by atoms with Crippen LogP contribution in [0.2, 0.25) is 0 Å². The Morgan fingerprint density at radius 1 is 1.04 bits per heavy atom. The van der Waals surface area contributed by atoms with Crippen molar-refractivity contribution in [2.45, 2.75) is 31.6 Å². The fourth-order valence-corrected chi connectivity index (χ4v) is 5.00. The lowest BCUT2D eigenvalue weighted by molar-refractivity contribution is 0.495. The summed E-state index contributed by atoms with van der Waals surface area (Å²) in [5.41, 5.74) is 3.45. The van der Waals surface area contributed by atoms with E-state index < -0.39 is 10.0 Å². The summed E-state index contributed by atoms with van der Waals surface area (Å²) < 4.78 is 33.3. The molecule has 0 N–H and O–H groups in total. The number of benzene rings is 2. The van der Waals surface area contributed by atoms with Crippen LogP contribution in [0.25, 0.3) is 11.3 Å². The predicted molar refractivity (Wildman–Crippen MR) is 101 cm³/mol. The van der Waals surface area contributed by atoms with E-state index in [0.29, 0.717) is 12.4 Å². The van der Waals surface area contributed by atoms with Gasteiger partial charge in [0.15, 0.2) is 5.89 Å². The van der Waals surface area contributed by atoms with E-state index >= 15 is 0 Å². The number of para-hydroxylation sites is 1. The van der Waals surface area contributed by atoms with E-state index in [0.717, 1.165) is 41.1 Å². The normalized spacial score (nSPS) is 14.3. The maximum absolute atomic E-state index is 13.2. The standard InChI is InChI=1S/C20H20N2O3S/c1-14-20(21-15(2)25-14)17-9-11-18(12-10-17)26(23,24)22-13-5-7-16-6-3-4-8-19(16)22/h3-4,6,8-12H,5,7,13H2,1-2H3. The van der Waals surface area contributed by atoms with Crippen LogP contribution in [0.15, 0.2) is 57.8 Å².